The van der Waals surface area contributed by atoms with Crippen molar-refractivity contribution in [2.24, 2.45) is 0 Å². The quantitative estimate of drug-likeness (QED) is 0.803. The molecule has 0 amide bonds. The summed E-state index contributed by atoms with van der Waals surface area (Å²) in [4.78, 5) is 0. The lowest BCUT2D eigenvalue weighted by atomic mass is 10.1. The molecule has 0 radical (unpaired) electrons. The van der Waals surface area contributed by atoms with Crippen molar-refractivity contribution in [3.63, 3.8) is 0 Å². The van der Waals surface area contributed by atoms with Crippen LogP contribution in [0.4, 0.5) is 14.5 Å². The Labute approximate surface area is 119 Å². The summed E-state index contributed by atoms with van der Waals surface area (Å²) in [7, 11) is 0. The van der Waals surface area contributed by atoms with Gasteiger partial charge in [0.1, 0.15) is 0 Å². The molecule has 1 N–H and O–H groups in total. The number of benzene rings is 2. The van der Waals surface area contributed by atoms with Crippen molar-refractivity contribution >= 4 is 21.6 Å². The zero-order valence-electron chi connectivity index (χ0n) is 10.5. The van der Waals surface area contributed by atoms with E-state index in [1.807, 2.05) is 25.1 Å². The van der Waals surface area contributed by atoms with Crippen LogP contribution in [0.2, 0.25) is 0 Å². The minimum absolute atomic E-state index is 0.0573. The number of halogens is 3. The predicted molar refractivity (Wildman–Crippen MR) is 77.6 cm³/mol. The van der Waals surface area contributed by atoms with E-state index in [4.69, 9.17) is 0 Å². The van der Waals surface area contributed by atoms with Gasteiger partial charge in [-0.25, -0.2) is 8.78 Å². The van der Waals surface area contributed by atoms with Gasteiger partial charge in [0.05, 0.1) is 0 Å². The van der Waals surface area contributed by atoms with E-state index >= 15 is 0 Å². The molecule has 4 heteroatoms. The molecule has 2 aromatic carbocycles. The number of anilines is 1. The third kappa shape index (κ3) is 3.77. The summed E-state index contributed by atoms with van der Waals surface area (Å²) < 4.78 is 25.9. The summed E-state index contributed by atoms with van der Waals surface area (Å²) in [5.41, 5.74) is 3.20. The lowest BCUT2D eigenvalue weighted by Crippen LogP contribution is -1.99. The van der Waals surface area contributed by atoms with E-state index in [9.17, 15) is 8.78 Å². The van der Waals surface area contributed by atoms with Gasteiger partial charge in [-0.2, -0.15) is 0 Å². The van der Waals surface area contributed by atoms with Crippen LogP contribution in [0.1, 0.15) is 23.1 Å². The van der Waals surface area contributed by atoms with Crippen LogP contribution in [0.5, 0.6) is 0 Å². The largest absolute Gasteiger partial charge is 0.381 e. The number of nitrogens with one attached hydrogen (secondary N) is 1. The van der Waals surface area contributed by atoms with Gasteiger partial charge in [-0.1, -0.05) is 46.3 Å². The molecule has 0 saturated heterocycles. The highest BCUT2D eigenvalue weighted by Crippen LogP contribution is 2.22. The fourth-order valence-electron chi connectivity index (χ4n) is 1.69. The third-order valence-corrected chi connectivity index (χ3v) is 3.75. The SMILES string of the molecule is Cc1ccc(NCc2ccc(C(F)F)cc2)cc1Br. The van der Waals surface area contributed by atoms with Crippen molar-refractivity contribution in [1.29, 1.82) is 0 Å². The van der Waals surface area contributed by atoms with Gasteiger partial charge in [-0.15, -0.1) is 0 Å². The predicted octanol–water partition coefficient (Wildman–Crippen LogP) is 5.31. The highest BCUT2D eigenvalue weighted by atomic mass is 79.9. The Hall–Kier alpha value is -1.42. The minimum Gasteiger partial charge on any atom is -0.381 e. The molecule has 2 aromatic rings. The van der Waals surface area contributed by atoms with Crippen LogP contribution in [-0.2, 0) is 6.54 Å². The van der Waals surface area contributed by atoms with Crippen LogP contribution in [-0.4, -0.2) is 0 Å². The molecule has 0 aliphatic rings. The van der Waals surface area contributed by atoms with E-state index in [1.54, 1.807) is 12.1 Å². The zero-order valence-corrected chi connectivity index (χ0v) is 12.0. The van der Waals surface area contributed by atoms with E-state index in [1.165, 1.54) is 17.7 Å². The number of aryl methyl sites for hydroxylation is 1. The fraction of sp³-hybridized carbons (Fsp3) is 0.200. The van der Waals surface area contributed by atoms with Crippen molar-refractivity contribution in [2.75, 3.05) is 5.32 Å². The number of rotatable bonds is 4. The second kappa shape index (κ2) is 6.15. The zero-order chi connectivity index (χ0) is 13.8. The normalized spacial score (nSPS) is 10.8. The Morgan fingerprint density at radius 1 is 1.11 bits per heavy atom. The summed E-state index contributed by atoms with van der Waals surface area (Å²) in [6, 6.07) is 12.4. The smallest absolute Gasteiger partial charge is 0.263 e. The first-order chi connectivity index (χ1) is 9.06. The summed E-state index contributed by atoms with van der Waals surface area (Å²) in [5.74, 6) is 0. The summed E-state index contributed by atoms with van der Waals surface area (Å²) in [6.45, 7) is 2.63. The van der Waals surface area contributed by atoms with E-state index in [2.05, 4.69) is 21.2 Å². The molecule has 2 rings (SSSR count). The number of hydrogen-bond acceptors (Lipinski definition) is 1. The van der Waals surface area contributed by atoms with Crippen LogP contribution < -0.4 is 5.32 Å². The third-order valence-electron chi connectivity index (χ3n) is 2.90. The van der Waals surface area contributed by atoms with Gasteiger partial charge in [0, 0.05) is 22.3 Å². The highest BCUT2D eigenvalue weighted by Gasteiger charge is 2.05. The first-order valence-electron chi connectivity index (χ1n) is 5.93. The molecule has 0 aliphatic carbocycles. The molecular weight excluding hydrogens is 312 g/mol. The first-order valence-corrected chi connectivity index (χ1v) is 6.72. The van der Waals surface area contributed by atoms with Crippen molar-refractivity contribution in [1.82, 2.24) is 0 Å². The molecule has 0 atom stereocenters. The van der Waals surface area contributed by atoms with Crippen molar-refractivity contribution in [2.45, 2.75) is 19.9 Å². The lowest BCUT2D eigenvalue weighted by molar-refractivity contribution is 0.151. The van der Waals surface area contributed by atoms with Crippen molar-refractivity contribution in [3.05, 3.63) is 63.6 Å². The summed E-state index contributed by atoms with van der Waals surface area (Å²) in [5, 5.41) is 3.26. The molecule has 0 spiro atoms. The average molecular weight is 326 g/mol. The van der Waals surface area contributed by atoms with E-state index in [0.717, 1.165) is 15.7 Å². The van der Waals surface area contributed by atoms with Gasteiger partial charge in [0.2, 0.25) is 0 Å². The van der Waals surface area contributed by atoms with Gasteiger partial charge < -0.3 is 5.32 Å². The Bertz CT molecular complexity index is 553. The molecule has 1 nitrogen and oxygen atoms in total. The van der Waals surface area contributed by atoms with E-state index in [0.29, 0.717) is 6.54 Å². The van der Waals surface area contributed by atoms with Gasteiger partial charge in [0.25, 0.3) is 6.43 Å². The van der Waals surface area contributed by atoms with Crippen LogP contribution in [0.15, 0.2) is 46.9 Å². The molecule has 0 unspecified atom stereocenters. The topological polar surface area (TPSA) is 12.0 Å². The second-order valence-electron chi connectivity index (χ2n) is 4.36. The molecule has 0 heterocycles. The first kappa shape index (κ1) is 14.0. The van der Waals surface area contributed by atoms with Gasteiger partial charge >= 0.3 is 0 Å². The molecule has 0 bridgehead atoms. The maximum Gasteiger partial charge on any atom is 0.263 e. The van der Waals surface area contributed by atoms with Gasteiger partial charge in [0.15, 0.2) is 0 Å². The maximum atomic E-state index is 12.4. The Morgan fingerprint density at radius 2 is 1.79 bits per heavy atom. The van der Waals surface area contributed by atoms with Crippen molar-refractivity contribution < 1.29 is 8.78 Å². The fourth-order valence-corrected chi connectivity index (χ4v) is 2.07. The average Bonchev–Trinajstić information content (AvgIpc) is 2.40. The maximum absolute atomic E-state index is 12.4. The van der Waals surface area contributed by atoms with Crippen LogP contribution in [0.3, 0.4) is 0 Å². The standard InChI is InChI=1S/C15H14BrF2N/c1-10-2-7-13(8-14(10)16)19-9-11-3-5-12(6-4-11)15(17)18/h2-8,15,19H,9H2,1H3. The molecule has 100 valence electrons. The molecule has 19 heavy (non-hydrogen) atoms. The molecule has 0 aromatic heterocycles. The van der Waals surface area contributed by atoms with Gasteiger partial charge in [-0.05, 0) is 30.2 Å². The number of alkyl halides is 2. The Kier molecular flexibility index (Phi) is 4.53. The molecule has 0 aliphatic heterocycles. The second-order valence-corrected chi connectivity index (χ2v) is 5.21. The van der Waals surface area contributed by atoms with Crippen LogP contribution in [0, 0.1) is 6.92 Å². The lowest BCUT2D eigenvalue weighted by Gasteiger charge is -2.09. The molecule has 0 saturated carbocycles. The minimum atomic E-state index is -2.41. The highest BCUT2D eigenvalue weighted by molar-refractivity contribution is 9.10. The number of hydrogen-bond donors (Lipinski definition) is 1. The van der Waals surface area contributed by atoms with Gasteiger partial charge in [-0.3, -0.25) is 0 Å². The van der Waals surface area contributed by atoms with E-state index < -0.39 is 6.43 Å². The van der Waals surface area contributed by atoms with Crippen LogP contribution in [0.25, 0.3) is 0 Å². The molecule has 0 fully saturated rings. The van der Waals surface area contributed by atoms with Crippen molar-refractivity contribution in [3.8, 4) is 0 Å². The molecular formula is C15H14BrF2N. The monoisotopic (exact) mass is 325 g/mol. The Balaban J connectivity index is 2.00. The Morgan fingerprint density at radius 3 is 2.37 bits per heavy atom. The summed E-state index contributed by atoms with van der Waals surface area (Å²) in [6.07, 6.45) is -2.41. The summed E-state index contributed by atoms with van der Waals surface area (Å²) >= 11 is 3.47. The van der Waals surface area contributed by atoms with E-state index in [-0.39, 0.29) is 5.56 Å². The van der Waals surface area contributed by atoms with Crippen LogP contribution >= 0.6 is 15.9 Å².